The molecule has 2 rings (SSSR count). The van der Waals surface area contributed by atoms with E-state index in [1.807, 2.05) is 24.3 Å². The zero-order chi connectivity index (χ0) is 14.4. The van der Waals surface area contributed by atoms with Gasteiger partial charge in [-0.15, -0.1) is 0 Å². The van der Waals surface area contributed by atoms with Crippen molar-refractivity contribution in [1.82, 2.24) is 5.32 Å². The van der Waals surface area contributed by atoms with Gasteiger partial charge in [-0.2, -0.15) is 0 Å². The van der Waals surface area contributed by atoms with Gasteiger partial charge in [0.2, 0.25) is 0 Å². The van der Waals surface area contributed by atoms with Crippen LogP contribution < -0.4 is 15.4 Å². The van der Waals surface area contributed by atoms with Crippen LogP contribution >= 0.6 is 12.2 Å². The second kappa shape index (κ2) is 6.86. The minimum absolute atomic E-state index is 0.243. The normalized spacial score (nSPS) is 9.90. The molecule has 0 fully saturated rings. The molecule has 0 aromatic heterocycles. The summed E-state index contributed by atoms with van der Waals surface area (Å²) < 4.78 is 18.5. The summed E-state index contributed by atoms with van der Waals surface area (Å²) in [7, 11) is 1.61. The topological polar surface area (TPSA) is 33.3 Å². The van der Waals surface area contributed by atoms with Crippen LogP contribution in [0.4, 0.5) is 10.1 Å². The van der Waals surface area contributed by atoms with Crippen molar-refractivity contribution in [3.8, 4) is 5.75 Å². The number of hydrogen-bond donors (Lipinski definition) is 2. The van der Waals surface area contributed by atoms with Crippen molar-refractivity contribution in [2.75, 3.05) is 12.4 Å². The van der Waals surface area contributed by atoms with Gasteiger partial charge in [-0.3, -0.25) is 0 Å². The van der Waals surface area contributed by atoms with E-state index < -0.39 is 0 Å². The Balaban J connectivity index is 1.87. The van der Waals surface area contributed by atoms with Gasteiger partial charge >= 0.3 is 0 Å². The summed E-state index contributed by atoms with van der Waals surface area (Å²) >= 11 is 5.16. The summed E-state index contributed by atoms with van der Waals surface area (Å²) in [6, 6.07) is 14.0. The van der Waals surface area contributed by atoms with Crippen molar-refractivity contribution in [1.29, 1.82) is 0 Å². The van der Waals surface area contributed by atoms with Gasteiger partial charge in [-0.1, -0.05) is 18.2 Å². The van der Waals surface area contributed by atoms with Crippen molar-refractivity contribution in [2.24, 2.45) is 0 Å². The Hall–Kier alpha value is -2.14. The highest BCUT2D eigenvalue weighted by atomic mass is 32.1. The Morgan fingerprint density at radius 2 is 1.85 bits per heavy atom. The molecule has 2 aromatic carbocycles. The molecule has 0 amide bonds. The third kappa shape index (κ3) is 3.93. The first-order valence-electron chi connectivity index (χ1n) is 6.11. The van der Waals surface area contributed by atoms with E-state index in [0.29, 0.717) is 17.2 Å². The largest absolute Gasteiger partial charge is 0.497 e. The minimum Gasteiger partial charge on any atom is -0.497 e. The third-order valence-electron chi connectivity index (χ3n) is 2.75. The van der Waals surface area contributed by atoms with Crippen LogP contribution in [-0.4, -0.2) is 12.2 Å². The Bertz CT molecular complexity index is 587. The predicted octanol–water partition coefficient (Wildman–Crippen LogP) is 3.32. The average molecular weight is 290 g/mol. The maximum Gasteiger partial charge on any atom is 0.171 e. The quantitative estimate of drug-likeness (QED) is 0.846. The molecule has 0 bridgehead atoms. The number of methoxy groups -OCH3 is 1. The average Bonchev–Trinajstić information content (AvgIpc) is 2.47. The van der Waals surface area contributed by atoms with Crippen LogP contribution in [0.5, 0.6) is 5.75 Å². The van der Waals surface area contributed by atoms with E-state index >= 15 is 0 Å². The molecule has 104 valence electrons. The monoisotopic (exact) mass is 290 g/mol. The van der Waals surface area contributed by atoms with Gasteiger partial charge in [-0.25, -0.2) is 4.39 Å². The maximum atomic E-state index is 13.4. The van der Waals surface area contributed by atoms with Crippen molar-refractivity contribution in [2.45, 2.75) is 6.54 Å². The molecule has 0 spiro atoms. The third-order valence-corrected chi connectivity index (χ3v) is 2.99. The first kappa shape index (κ1) is 14.3. The van der Waals surface area contributed by atoms with Crippen molar-refractivity contribution in [3.63, 3.8) is 0 Å². The molecule has 0 heterocycles. The van der Waals surface area contributed by atoms with Crippen LogP contribution in [0.3, 0.4) is 0 Å². The van der Waals surface area contributed by atoms with Gasteiger partial charge in [0.1, 0.15) is 11.6 Å². The van der Waals surface area contributed by atoms with Gasteiger partial charge < -0.3 is 15.4 Å². The van der Waals surface area contributed by atoms with Gasteiger partial charge in [0.25, 0.3) is 0 Å². The Morgan fingerprint density at radius 3 is 2.50 bits per heavy atom. The molecule has 0 aliphatic rings. The van der Waals surface area contributed by atoms with Crippen LogP contribution in [-0.2, 0) is 6.54 Å². The van der Waals surface area contributed by atoms with E-state index in [2.05, 4.69) is 10.6 Å². The molecule has 20 heavy (non-hydrogen) atoms. The zero-order valence-corrected chi connectivity index (χ0v) is 11.8. The molecule has 0 saturated heterocycles. The van der Waals surface area contributed by atoms with Crippen LogP contribution in [0, 0.1) is 5.82 Å². The number of ether oxygens (including phenoxy) is 1. The molecule has 5 heteroatoms. The van der Waals surface area contributed by atoms with Crippen molar-refractivity contribution >= 4 is 23.0 Å². The summed E-state index contributed by atoms with van der Waals surface area (Å²) in [5.74, 6) is 0.535. The van der Waals surface area contributed by atoms with Crippen LogP contribution in [0.2, 0.25) is 0 Å². The maximum absolute atomic E-state index is 13.4. The number of rotatable bonds is 4. The van der Waals surface area contributed by atoms with E-state index in [4.69, 9.17) is 17.0 Å². The van der Waals surface area contributed by atoms with Crippen LogP contribution in [0.15, 0.2) is 48.5 Å². The number of hydrogen-bond acceptors (Lipinski definition) is 2. The molecule has 0 aliphatic carbocycles. The molecule has 0 unspecified atom stereocenters. The lowest BCUT2D eigenvalue weighted by Crippen LogP contribution is -2.28. The summed E-state index contributed by atoms with van der Waals surface area (Å²) in [4.78, 5) is 0. The number of anilines is 1. The predicted molar refractivity (Wildman–Crippen MR) is 82.5 cm³/mol. The standard InChI is InChI=1S/C15H15FN2OS/c1-19-13-8-6-12(7-9-13)18-15(20)17-10-11-4-2-3-5-14(11)16/h2-9H,10H2,1H3,(H2,17,18,20). The number of nitrogens with one attached hydrogen (secondary N) is 2. The lowest BCUT2D eigenvalue weighted by molar-refractivity contribution is 0.415. The molecular formula is C15H15FN2OS. The molecule has 0 radical (unpaired) electrons. The number of benzene rings is 2. The lowest BCUT2D eigenvalue weighted by Gasteiger charge is -2.11. The van der Waals surface area contributed by atoms with E-state index in [1.54, 1.807) is 25.3 Å². The summed E-state index contributed by atoms with van der Waals surface area (Å²) in [5.41, 5.74) is 1.42. The fourth-order valence-corrected chi connectivity index (χ4v) is 1.86. The highest BCUT2D eigenvalue weighted by molar-refractivity contribution is 7.80. The Morgan fingerprint density at radius 1 is 1.15 bits per heavy atom. The summed E-state index contributed by atoms with van der Waals surface area (Å²) in [5, 5.41) is 6.43. The van der Waals surface area contributed by atoms with Crippen molar-refractivity contribution in [3.05, 3.63) is 59.9 Å². The van der Waals surface area contributed by atoms with Gasteiger partial charge in [0.05, 0.1) is 7.11 Å². The smallest absolute Gasteiger partial charge is 0.171 e. The molecular weight excluding hydrogens is 275 g/mol. The number of thiocarbonyl (C=S) groups is 1. The Labute approximate surface area is 122 Å². The fourth-order valence-electron chi connectivity index (χ4n) is 1.67. The minimum atomic E-state index is -0.243. The number of halogens is 1. The van der Waals surface area contributed by atoms with Crippen molar-refractivity contribution < 1.29 is 9.13 Å². The second-order valence-electron chi connectivity index (χ2n) is 4.13. The van der Waals surface area contributed by atoms with E-state index in [-0.39, 0.29) is 5.82 Å². The van der Waals surface area contributed by atoms with Gasteiger partial charge in [0.15, 0.2) is 5.11 Å². The first-order chi connectivity index (χ1) is 9.69. The van der Waals surface area contributed by atoms with Gasteiger partial charge in [-0.05, 0) is 42.5 Å². The first-order valence-corrected chi connectivity index (χ1v) is 6.52. The molecule has 3 nitrogen and oxygen atoms in total. The fraction of sp³-hybridized carbons (Fsp3) is 0.133. The lowest BCUT2D eigenvalue weighted by atomic mass is 10.2. The van der Waals surface area contributed by atoms with E-state index in [0.717, 1.165) is 11.4 Å². The van der Waals surface area contributed by atoms with Gasteiger partial charge in [0, 0.05) is 17.8 Å². The van der Waals surface area contributed by atoms with E-state index in [9.17, 15) is 4.39 Å². The molecule has 0 atom stereocenters. The highest BCUT2D eigenvalue weighted by Gasteiger charge is 2.02. The second-order valence-corrected chi connectivity index (χ2v) is 4.54. The summed E-state index contributed by atoms with van der Waals surface area (Å²) in [6.07, 6.45) is 0. The molecule has 2 aromatic rings. The molecule has 0 aliphatic heterocycles. The van der Waals surface area contributed by atoms with Crippen LogP contribution in [0.25, 0.3) is 0 Å². The zero-order valence-electron chi connectivity index (χ0n) is 11.0. The molecule has 0 saturated carbocycles. The van der Waals surface area contributed by atoms with E-state index in [1.165, 1.54) is 6.07 Å². The Kier molecular flexibility index (Phi) is 4.90. The molecule has 2 N–H and O–H groups in total. The SMILES string of the molecule is COc1ccc(NC(=S)NCc2ccccc2F)cc1. The summed E-state index contributed by atoms with van der Waals surface area (Å²) in [6.45, 7) is 0.342. The highest BCUT2D eigenvalue weighted by Crippen LogP contribution is 2.14. The van der Waals surface area contributed by atoms with Crippen LogP contribution in [0.1, 0.15) is 5.56 Å².